The number of phenolic OH excluding ortho intramolecular Hbond substituents is 1. The highest BCUT2D eigenvalue weighted by Gasteiger charge is 2.05. The first-order chi connectivity index (χ1) is 13.6. The highest BCUT2D eigenvalue weighted by molar-refractivity contribution is 5.79. The van der Waals surface area contributed by atoms with Crippen molar-refractivity contribution in [2.75, 3.05) is 26.8 Å². The molecule has 0 bridgehead atoms. The number of ether oxygens (including phenoxy) is 2. The summed E-state index contributed by atoms with van der Waals surface area (Å²) in [6.07, 6.45) is 0.969. The second-order valence-electron chi connectivity index (χ2n) is 6.41. The van der Waals surface area contributed by atoms with Gasteiger partial charge in [-0.15, -0.1) is 0 Å². The van der Waals surface area contributed by atoms with Gasteiger partial charge in [-0.05, 0) is 43.5 Å². The summed E-state index contributed by atoms with van der Waals surface area (Å²) in [5.41, 5.74) is 2.10. The molecule has 6 nitrogen and oxygen atoms in total. The van der Waals surface area contributed by atoms with Crippen LogP contribution in [0.1, 0.15) is 37.5 Å². The minimum atomic E-state index is 0.0888. The molecule has 2 aromatic carbocycles. The Bertz CT molecular complexity index is 735. The first-order valence-corrected chi connectivity index (χ1v) is 9.68. The molecule has 152 valence electrons. The second kappa shape index (κ2) is 11.9. The predicted octanol–water partition coefficient (Wildman–Crippen LogP) is 3.62. The quantitative estimate of drug-likeness (QED) is 0.331. The van der Waals surface area contributed by atoms with Crippen LogP contribution in [0.15, 0.2) is 53.5 Å². The van der Waals surface area contributed by atoms with Gasteiger partial charge < -0.3 is 25.2 Å². The molecule has 0 heterocycles. The van der Waals surface area contributed by atoms with Crippen LogP contribution in [0.3, 0.4) is 0 Å². The molecule has 0 spiro atoms. The monoisotopic (exact) mass is 385 g/mol. The van der Waals surface area contributed by atoms with E-state index in [9.17, 15) is 5.11 Å². The van der Waals surface area contributed by atoms with Crippen LogP contribution in [0.4, 0.5) is 0 Å². The first-order valence-electron chi connectivity index (χ1n) is 9.68. The molecule has 0 saturated heterocycles. The number of methoxy groups -OCH3 is 1. The molecular weight excluding hydrogens is 354 g/mol. The molecule has 1 unspecified atom stereocenters. The van der Waals surface area contributed by atoms with Crippen LogP contribution in [0.2, 0.25) is 0 Å². The van der Waals surface area contributed by atoms with Crippen molar-refractivity contribution in [2.24, 2.45) is 4.99 Å². The molecule has 3 N–H and O–H groups in total. The number of rotatable bonds is 10. The normalized spacial score (nSPS) is 12.5. The number of nitrogens with zero attached hydrogens (tertiary/aromatic N) is 1. The Hall–Kier alpha value is -2.73. The number of phenols is 1. The minimum absolute atomic E-state index is 0.0888. The predicted molar refractivity (Wildman–Crippen MR) is 113 cm³/mol. The molecule has 0 aliphatic heterocycles. The van der Waals surface area contributed by atoms with Crippen LogP contribution in [-0.4, -0.2) is 37.9 Å². The Balaban J connectivity index is 1.76. The van der Waals surface area contributed by atoms with Crippen molar-refractivity contribution >= 4 is 5.96 Å². The van der Waals surface area contributed by atoms with E-state index >= 15 is 0 Å². The minimum Gasteiger partial charge on any atom is -0.504 e. The fraction of sp³-hybridized carbons (Fsp3) is 0.409. The molecule has 0 radical (unpaired) electrons. The van der Waals surface area contributed by atoms with Gasteiger partial charge in [0, 0.05) is 19.7 Å². The van der Waals surface area contributed by atoms with Crippen LogP contribution < -0.4 is 15.4 Å². The van der Waals surface area contributed by atoms with Gasteiger partial charge in [-0.3, -0.25) is 0 Å². The Morgan fingerprint density at radius 1 is 1.14 bits per heavy atom. The van der Waals surface area contributed by atoms with Crippen molar-refractivity contribution in [1.82, 2.24) is 10.6 Å². The third kappa shape index (κ3) is 7.12. The smallest absolute Gasteiger partial charge is 0.191 e. The number of aromatic hydroxyl groups is 1. The maximum atomic E-state index is 9.87. The average molecular weight is 386 g/mol. The Labute approximate surface area is 167 Å². The van der Waals surface area contributed by atoms with Gasteiger partial charge in [-0.25, -0.2) is 4.99 Å². The number of benzene rings is 2. The fourth-order valence-corrected chi connectivity index (χ4v) is 2.71. The largest absolute Gasteiger partial charge is 0.504 e. The zero-order valence-electron chi connectivity index (χ0n) is 16.9. The number of aliphatic imine (C=N–C) groups is 1. The molecule has 0 saturated carbocycles. The lowest BCUT2D eigenvalue weighted by molar-refractivity contribution is 0.0646. The van der Waals surface area contributed by atoms with Gasteiger partial charge >= 0.3 is 0 Å². The van der Waals surface area contributed by atoms with E-state index < -0.39 is 0 Å². The Morgan fingerprint density at radius 2 is 1.93 bits per heavy atom. The fourth-order valence-electron chi connectivity index (χ4n) is 2.71. The van der Waals surface area contributed by atoms with E-state index in [0.29, 0.717) is 18.9 Å². The van der Waals surface area contributed by atoms with Crippen LogP contribution in [0.5, 0.6) is 11.5 Å². The second-order valence-corrected chi connectivity index (χ2v) is 6.41. The summed E-state index contributed by atoms with van der Waals surface area (Å²) in [5, 5.41) is 16.4. The molecule has 0 aromatic heterocycles. The number of hydrogen-bond acceptors (Lipinski definition) is 4. The van der Waals surface area contributed by atoms with Crippen molar-refractivity contribution < 1.29 is 14.6 Å². The van der Waals surface area contributed by atoms with E-state index in [1.165, 1.54) is 12.7 Å². The van der Waals surface area contributed by atoms with Crippen molar-refractivity contribution in [3.63, 3.8) is 0 Å². The van der Waals surface area contributed by atoms with Crippen LogP contribution in [0.25, 0.3) is 0 Å². The topological polar surface area (TPSA) is 75.1 Å². The molecule has 0 fully saturated rings. The van der Waals surface area contributed by atoms with Gasteiger partial charge in [-0.2, -0.15) is 0 Å². The molecule has 0 aliphatic carbocycles. The molecule has 1 atom stereocenters. The Morgan fingerprint density at radius 3 is 2.61 bits per heavy atom. The van der Waals surface area contributed by atoms with E-state index in [0.717, 1.165) is 31.0 Å². The van der Waals surface area contributed by atoms with Crippen LogP contribution >= 0.6 is 0 Å². The van der Waals surface area contributed by atoms with Crippen molar-refractivity contribution in [3.05, 3.63) is 59.7 Å². The third-order valence-electron chi connectivity index (χ3n) is 4.26. The first kappa shape index (κ1) is 21.6. The zero-order valence-corrected chi connectivity index (χ0v) is 16.9. The molecule has 2 rings (SSSR count). The summed E-state index contributed by atoms with van der Waals surface area (Å²) >= 11 is 0. The maximum absolute atomic E-state index is 9.87. The summed E-state index contributed by atoms with van der Waals surface area (Å²) in [6, 6.07) is 15.5. The third-order valence-corrected chi connectivity index (χ3v) is 4.26. The van der Waals surface area contributed by atoms with Crippen molar-refractivity contribution in [3.8, 4) is 11.5 Å². The SMILES string of the molecule is CCNC(=NCc1ccc(OC)c(O)c1)NCCCOC(C)c1ccccc1. The number of guanidine groups is 1. The van der Waals surface area contributed by atoms with E-state index in [-0.39, 0.29) is 11.9 Å². The molecule has 0 amide bonds. The molecule has 28 heavy (non-hydrogen) atoms. The molecule has 0 aliphatic rings. The number of nitrogens with one attached hydrogen (secondary N) is 2. The molecule has 6 heteroatoms. The average Bonchev–Trinajstić information content (AvgIpc) is 2.72. The summed E-state index contributed by atoms with van der Waals surface area (Å²) in [5.74, 6) is 1.33. The summed E-state index contributed by atoms with van der Waals surface area (Å²) < 4.78 is 11.0. The van der Waals surface area contributed by atoms with Crippen molar-refractivity contribution in [1.29, 1.82) is 0 Å². The summed E-state index contributed by atoms with van der Waals surface area (Å²) in [7, 11) is 1.53. The summed E-state index contributed by atoms with van der Waals surface area (Å²) in [4.78, 5) is 4.56. The van der Waals surface area contributed by atoms with Gasteiger partial charge in [-0.1, -0.05) is 36.4 Å². The molecular formula is C22H31N3O3. The van der Waals surface area contributed by atoms with E-state index in [1.54, 1.807) is 12.1 Å². The van der Waals surface area contributed by atoms with Gasteiger partial charge in [0.15, 0.2) is 17.5 Å². The lowest BCUT2D eigenvalue weighted by Gasteiger charge is -2.15. The standard InChI is InChI=1S/C22H31N3O3/c1-4-23-22(25-16-18-11-12-21(27-3)20(26)15-18)24-13-8-14-28-17(2)19-9-6-5-7-10-19/h5-7,9-12,15,17,26H,4,8,13-14,16H2,1-3H3,(H2,23,24,25). The van der Waals surface area contributed by atoms with E-state index in [1.807, 2.05) is 31.2 Å². The van der Waals surface area contributed by atoms with Crippen molar-refractivity contribution in [2.45, 2.75) is 32.9 Å². The lowest BCUT2D eigenvalue weighted by Crippen LogP contribution is -2.38. The highest BCUT2D eigenvalue weighted by Crippen LogP contribution is 2.26. The van der Waals surface area contributed by atoms with Crippen LogP contribution in [-0.2, 0) is 11.3 Å². The lowest BCUT2D eigenvalue weighted by atomic mass is 10.1. The van der Waals surface area contributed by atoms with E-state index in [2.05, 4.69) is 34.7 Å². The summed E-state index contributed by atoms with van der Waals surface area (Å²) in [6.45, 7) is 6.78. The van der Waals surface area contributed by atoms with Crippen LogP contribution in [0, 0.1) is 0 Å². The van der Waals surface area contributed by atoms with Gasteiger partial charge in [0.05, 0.1) is 19.8 Å². The van der Waals surface area contributed by atoms with Gasteiger partial charge in [0.1, 0.15) is 0 Å². The number of hydrogen-bond donors (Lipinski definition) is 3. The van der Waals surface area contributed by atoms with E-state index in [4.69, 9.17) is 9.47 Å². The van der Waals surface area contributed by atoms with Gasteiger partial charge in [0.2, 0.25) is 0 Å². The molecule has 2 aromatic rings. The van der Waals surface area contributed by atoms with Gasteiger partial charge in [0.25, 0.3) is 0 Å². The Kier molecular flexibility index (Phi) is 9.15. The zero-order chi connectivity index (χ0) is 20.2. The highest BCUT2D eigenvalue weighted by atomic mass is 16.5. The maximum Gasteiger partial charge on any atom is 0.191 e.